The minimum atomic E-state index is -1.09. The first kappa shape index (κ1) is 26.6. The van der Waals surface area contributed by atoms with Crippen LogP contribution in [0.1, 0.15) is 22.8 Å². The van der Waals surface area contributed by atoms with E-state index < -0.39 is 12.6 Å². The van der Waals surface area contributed by atoms with Gasteiger partial charge in [-0.2, -0.15) is 5.10 Å². The predicted octanol–water partition coefficient (Wildman–Crippen LogP) is 5.83. The number of thiazole rings is 1. The normalized spacial score (nSPS) is 10.8. The highest BCUT2D eigenvalue weighted by molar-refractivity contribution is 7.14. The Hall–Kier alpha value is -4.41. The Bertz CT molecular complexity index is 1440. The molecule has 0 saturated heterocycles. The minimum absolute atomic E-state index is 0.309. The van der Waals surface area contributed by atoms with E-state index >= 15 is 0 Å². The Kier molecular flexibility index (Phi) is 8.91. The van der Waals surface area contributed by atoms with E-state index in [0.29, 0.717) is 34.3 Å². The average Bonchev–Trinajstić information content (AvgIpc) is 3.38. The summed E-state index contributed by atoms with van der Waals surface area (Å²) in [6.45, 7) is 1.70. The van der Waals surface area contributed by atoms with E-state index in [1.54, 1.807) is 49.4 Å². The van der Waals surface area contributed by atoms with Crippen LogP contribution in [0, 0.1) is 0 Å². The van der Waals surface area contributed by atoms with Gasteiger partial charge in [0.2, 0.25) is 0 Å². The highest BCUT2D eigenvalue weighted by Gasteiger charge is 2.10. The van der Waals surface area contributed by atoms with Crippen molar-refractivity contribution in [3.05, 3.63) is 88.3 Å². The summed E-state index contributed by atoms with van der Waals surface area (Å²) < 4.78 is 10.7. The van der Waals surface area contributed by atoms with Gasteiger partial charge in [-0.15, -0.1) is 11.3 Å². The van der Waals surface area contributed by atoms with Gasteiger partial charge in [-0.1, -0.05) is 23.7 Å². The van der Waals surface area contributed by atoms with Crippen molar-refractivity contribution in [2.75, 3.05) is 18.5 Å². The molecule has 194 valence electrons. The fourth-order valence-electron chi connectivity index (χ4n) is 3.27. The third-order valence-electron chi connectivity index (χ3n) is 5.04. The Morgan fingerprint density at radius 2 is 1.82 bits per heavy atom. The standard InChI is InChI=1S/C27H23ClN4O5S/c1-2-36-24-13-17(3-12-23(24)37-15-25(33)34)14-29-32-26(35)19-6-4-18(5-7-19)22-16-38-27(31-22)30-21-10-8-20(28)9-11-21/h3-14,16H,2,15H2,1H3,(H,30,31)(H,32,35)(H,33,34)/b29-14-. The Balaban J connectivity index is 1.35. The maximum absolute atomic E-state index is 12.5. The van der Waals surface area contributed by atoms with Gasteiger partial charge in [-0.05, 0) is 67.1 Å². The zero-order valence-electron chi connectivity index (χ0n) is 20.2. The van der Waals surface area contributed by atoms with Gasteiger partial charge in [0.25, 0.3) is 5.91 Å². The summed E-state index contributed by atoms with van der Waals surface area (Å²) in [5.74, 6) is -0.768. The largest absolute Gasteiger partial charge is 0.490 e. The molecule has 0 unspecified atom stereocenters. The first-order valence-electron chi connectivity index (χ1n) is 11.4. The molecule has 3 aromatic carbocycles. The summed E-state index contributed by atoms with van der Waals surface area (Å²) in [4.78, 5) is 27.9. The molecule has 0 aliphatic carbocycles. The number of carboxylic acids is 1. The van der Waals surface area contributed by atoms with Crippen LogP contribution in [0.5, 0.6) is 11.5 Å². The number of aromatic nitrogens is 1. The molecule has 0 aliphatic rings. The van der Waals surface area contributed by atoms with Crippen molar-refractivity contribution >= 4 is 51.8 Å². The maximum Gasteiger partial charge on any atom is 0.341 e. The lowest BCUT2D eigenvalue weighted by Crippen LogP contribution is -2.17. The topological polar surface area (TPSA) is 122 Å². The number of hydrogen-bond acceptors (Lipinski definition) is 8. The Morgan fingerprint density at radius 3 is 2.53 bits per heavy atom. The first-order chi connectivity index (χ1) is 18.4. The Labute approximate surface area is 227 Å². The van der Waals surface area contributed by atoms with E-state index in [0.717, 1.165) is 22.1 Å². The average molecular weight is 551 g/mol. The van der Waals surface area contributed by atoms with Crippen molar-refractivity contribution in [1.82, 2.24) is 10.4 Å². The molecule has 0 aliphatic heterocycles. The smallest absolute Gasteiger partial charge is 0.341 e. The lowest BCUT2D eigenvalue weighted by atomic mass is 10.1. The molecule has 38 heavy (non-hydrogen) atoms. The van der Waals surface area contributed by atoms with Crippen molar-refractivity contribution in [3.63, 3.8) is 0 Å². The number of nitrogens with one attached hydrogen (secondary N) is 2. The SMILES string of the molecule is CCOc1cc(/C=N\NC(=O)c2ccc(-c3csc(Nc4ccc(Cl)cc4)n3)cc2)ccc1OCC(=O)O. The first-order valence-corrected chi connectivity index (χ1v) is 12.7. The summed E-state index contributed by atoms with van der Waals surface area (Å²) in [6.07, 6.45) is 1.46. The van der Waals surface area contributed by atoms with Gasteiger partial charge in [0.15, 0.2) is 23.2 Å². The Morgan fingerprint density at radius 1 is 1.05 bits per heavy atom. The number of carboxylic acid groups (broad SMARTS) is 1. The van der Waals surface area contributed by atoms with E-state index in [1.807, 2.05) is 29.6 Å². The molecule has 9 nitrogen and oxygen atoms in total. The second-order valence-corrected chi connectivity index (χ2v) is 9.06. The molecule has 0 atom stereocenters. The van der Waals surface area contributed by atoms with Crippen molar-refractivity contribution in [2.24, 2.45) is 5.10 Å². The number of hydrazone groups is 1. The summed E-state index contributed by atoms with van der Waals surface area (Å²) in [5.41, 5.74) is 6.12. The molecule has 3 N–H and O–H groups in total. The van der Waals surface area contributed by atoms with Gasteiger partial charge in [0, 0.05) is 27.2 Å². The molecule has 0 radical (unpaired) electrons. The third kappa shape index (κ3) is 7.31. The zero-order chi connectivity index (χ0) is 26.9. The van der Waals surface area contributed by atoms with E-state index in [-0.39, 0.29) is 5.91 Å². The van der Waals surface area contributed by atoms with Crippen LogP contribution < -0.4 is 20.2 Å². The minimum Gasteiger partial charge on any atom is -0.490 e. The van der Waals surface area contributed by atoms with Crippen molar-refractivity contribution in [2.45, 2.75) is 6.92 Å². The molecule has 0 bridgehead atoms. The number of anilines is 2. The summed E-state index contributed by atoms with van der Waals surface area (Å²) in [5, 5.41) is 19.4. The van der Waals surface area contributed by atoms with Gasteiger partial charge >= 0.3 is 5.97 Å². The van der Waals surface area contributed by atoms with Gasteiger partial charge < -0.3 is 19.9 Å². The van der Waals surface area contributed by atoms with Gasteiger partial charge in [0.05, 0.1) is 18.5 Å². The van der Waals surface area contributed by atoms with Crippen LogP contribution in [0.15, 0.2) is 77.2 Å². The van der Waals surface area contributed by atoms with E-state index in [9.17, 15) is 9.59 Å². The number of nitrogens with zero attached hydrogens (tertiary/aromatic N) is 2. The molecule has 1 aromatic heterocycles. The molecule has 0 fully saturated rings. The number of carbonyl (C=O) groups is 2. The van der Waals surface area contributed by atoms with Crippen molar-refractivity contribution in [1.29, 1.82) is 0 Å². The van der Waals surface area contributed by atoms with Crippen LogP contribution in [0.25, 0.3) is 11.3 Å². The number of rotatable bonds is 11. The number of carbonyl (C=O) groups excluding carboxylic acids is 1. The number of hydrogen-bond donors (Lipinski definition) is 3. The fourth-order valence-corrected chi connectivity index (χ4v) is 4.14. The number of aliphatic carboxylic acids is 1. The highest BCUT2D eigenvalue weighted by Crippen LogP contribution is 2.29. The monoisotopic (exact) mass is 550 g/mol. The van der Waals surface area contributed by atoms with Crippen molar-refractivity contribution in [3.8, 4) is 22.8 Å². The molecule has 4 rings (SSSR count). The van der Waals surface area contributed by atoms with E-state index in [2.05, 4.69) is 20.8 Å². The molecular weight excluding hydrogens is 528 g/mol. The summed E-state index contributed by atoms with van der Waals surface area (Å²) in [7, 11) is 0. The summed E-state index contributed by atoms with van der Waals surface area (Å²) >= 11 is 7.40. The van der Waals surface area contributed by atoms with Gasteiger partial charge in [0.1, 0.15) is 0 Å². The van der Waals surface area contributed by atoms with Gasteiger partial charge in [-0.3, -0.25) is 4.79 Å². The molecular formula is C27H23ClN4O5S. The molecule has 11 heteroatoms. The molecule has 4 aromatic rings. The second-order valence-electron chi connectivity index (χ2n) is 7.77. The van der Waals surface area contributed by atoms with Crippen LogP contribution in [-0.4, -0.2) is 41.4 Å². The lowest BCUT2D eigenvalue weighted by molar-refractivity contribution is -0.139. The number of ether oxygens (including phenoxy) is 2. The summed E-state index contributed by atoms with van der Waals surface area (Å²) in [6, 6.07) is 19.3. The highest BCUT2D eigenvalue weighted by atomic mass is 35.5. The number of benzene rings is 3. The predicted molar refractivity (Wildman–Crippen MR) is 148 cm³/mol. The molecule has 1 heterocycles. The second kappa shape index (κ2) is 12.7. The number of amides is 1. The fraction of sp³-hybridized carbons (Fsp3) is 0.111. The van der Waals surface area contributed by atoms with Crippen LogP contribution in [-0.2, 0) is 4.79 Å². The molecule has 0 spiro atoms. The van der Waals surface area contributed by atoms with E-state index in [1.165, 1.54) is 17.6 Å². The van der Waals surface area contributed by atoms with E-state index in [4.69, 9.17) is 26.2 Å². The van der Waals surface area contributed by atoms with Crippen LogP contribution in [0.2, 0.25) is 5.02 Å². The number of halogens is 1. The lowest BCUT2D eigenvalue weighted by Gasteiger charge is -2.11. The molecule has 0 saturated carbocycles. The van der Waals surface area contributed by atoms with Crippen LogP contribution >= 0.6 is 22.9 Å². The van der Waals surface area contributed by atoms with Gasteiger partial charge in [-0.25, -0.2) is 15.2 Å². The zero-order valence-corrected chi connectivity index (χ0v) is 21.8. The third-order valence-corrected chi connectivity index (χ3v) is 6.05. The van der Waals surface area contributed by atoms with Crippen LogP contribution in [0.3, 0.4) is 0 Å². The quantitative estimate of drug-likeness (QED) is 0.158. The molecule has 1 amide bonds. The maximum atomic E-state index is 12.5. The van der Waals surface area contributed by atoms with Crippen LogP contribution in [0.4, 0.5) is 10.8 Å². The van der Waals surface area contributed by atoms with Crippen molar-refractivity contribution < 1.29 is 24.2 Å².